The van der Waals surface area contributed by atoms with Crippen LogP contribution >= 0.6 is 0 Å². The van der Waals surface area contributed by atoms with Crippen LogP contribution in [0.1, 0.15) is 31.4 Å². The molecular formula is C13H20N2O. The molecule has 1 aromatic heterocycles. The van der Waals surface area contributed by atoms with Crippen LogP contribution in [0.4, 0.5) is 5.82 Å². The molecule has 2 atom stereocenters. The molecule has 0 bridgehead atoms. The van der Waals surface area contributed by atoms with Gasteiger partial charge in [0.25, 0.3) is 0 Å². The van der Waals surface area contributed by atoms with E-state index in [1.807, 2.05) is 32.2 Å². The summed E-state index contributed by atoms with van der Waals surface area (Å²) < 4.78 is 0. The zero-order chi connectivity index (χ0) is 11.5. The van der Waals surface area contributed by atoms with Gasteiger partial charge in [-0.1, -0.05) is 18.9 Å². The number of likely N-dealkylation sites (N-methyl/N-ethyl adjacent to an activating group) is 1. The lowest BCUT2D eigenvalue weighted by Crippen LogP contribution is -2.43. The second kappa shape index (κ2) is 4.83. The molecule has 1 aliphatic carbocycles. The van der Waals surface area contributed by atoms with E-state index in [1.165, 1.54) is 6.42 Å². The first-order valence-electron chi connectivity index (χ1n) is 6.03. The fourth-order valence-corrected chi connectivity index (χ4v) is 2.44. The fourth-order valence-electron chi connectivity index (χ4n) is 2.44. The van der Waals surface area contributed by atoms with Crippen molar-refractivity contribution in [3.8, 4) is 0 Å². The van der Waals surface area contributed by atoms with E-state index in [1.54, 1.807) is 0 Å². The number of hydrogen-bond donors (Lipinski definition) is 1. The molecule has 1 aromatic rings. The molecule has 0 saturated heterocycles. The van der Waals surface area contributed by atoms with Crippen LogP contribution in [-0.4, -0.2) is 29.3 Å². The lowest BCUT2D eigenvalue weighted by Gasteiger charge is -2.36. The van der Waals surface area contributed by atoms with E-state index in [0.29, 0.717) is 0 Å². The molecule has 2 unspecified atom stereocenters. The van der Waals surface area contributed by atoms with Gasteiger partial charge in [-0.05, 0) is 31.9 Å². The maximum atomic E-state index is 10.0. The zero-order valence-corrected chi connectivity index (χ0v) is 10.1. The monoisotopic (exact) mass is 220 g/mol. The Kier molecular flexibility index (Phi) is 3.44. The van der Waals surface area contributed by atoms with Gasteiger partial charge >= 0.3 is 0 Å². The standard InChI is InChI=1S/C13H20N2O/c1-10-6-5-9-13(14-10)15(2)11-7-3-4-8-12(11)16/h5-6,9,11-12,16H,3-4,7-8H2,1-2H3. The van der Waals surface area contributed by atoms with Crippen molar-refractivity contribution >= 4 is 5.82 Å². The Bertz CT molecular complexity index is 354. The van der Waals surface area contributed by atoms with Crippen LogP contribution < -0.4 is 4.90 Å². The molecule has 0 amide bonds. The summed E-state index contributed by atoms with van der Waals surface area (Å²) in [5.41, 5.74) is 1.02. The van der Waals surface area contributed by atoms with Crippen LogP contribution in [0.5, 0.6) is 0 Å². The number of anilines is 1. The molecule has 88 valence electrons. The minimum Gasteiger partial charge on any atom is -0.391 e. The highest BCUT2D eigenvalue weighted by molar-refractivity contribution is 5.39. The summed E-state index contributed by atoms with van der Waals surface area (Å²) in [6, 6.07) is 6.25. The number of aliphatic hydroxyl groups is 1. The summed E-state index contributed by atoms with van der Waals surface area (Å²) in [7, 11) is 2.03. The van der Waals surface area contributed by atoms with Crippen molar-refractivity contribution < 1.29 is 5.11 Å². The summed E-state index contributed by atoms with van der Waals surface area (Å²) in [5.74, 6) is 0.964. The average Bonchev–Trinajstić information content (AvgIpc) is 2.29. The second-order valence-electron chi connectivity index (χ2n) is 4.67. The Morgan fingerprint density at radius 2 is 2.06 bits per heavy atom. The highest BCUT2D eigenvalue weighted by atomic mass is 16.3. The van der Waals surface area contributed by atoms with Crippen molar-refractivity contribution in [1.82, 2.24) is 4.98 Å². The molecule has 0 radical (unpaired) electrons. The molecule has 0 aromatic carbocycles. The van der Waals surface area contributed by atoms with Crippen LogP contribution in [0.3, 0.4) is 0 Å². The molecule has 1 heterocycles. The van der Waals surface area contributed by atoms with Gasteiger partial charge < -0.3 is 10.0 Å². The Labute approximate surface area is 97.1 Å². The van der Waals surface area contributed by atoms with Crippen molar-refractivity contribution in [1.29, 1.82) is 0 Å². The van der Waals surface area contributed by atoms with E-state index in [4.69, 9.17) is 0 Å². The second-order valence-corrected chi connectivity index (χ2v) is 4.67. The number of aromatic nitrogens is 1. The van der Waals surface area contributed by atoms with Crippen molar-refractivity contribution in [2.75, 3.05) is 11.9 Å². The molecule has 3 heteroatoms. The number of aliphatic hydroxyl groups excluding tert-OH is 1. The number of aryl methyl sites for hydroxylation is 1. The first-order chi connectivity index (χ1) is 7.68. The summed E-state index contributed by atoms with van der Waals surface area (Å²) in [4.78, 5) is 6.62. The van der Waals surface area contributed by atoms with Gasteiger partial charge in [0.15, 0.2) is 0 Å². The third-order valence-electron chi connectivity index (χ3n) is 3.43. The van der Waals surface area contributed by atoms with Gasteiger partial charge in [0, 0.05) is 12.7 Å². The quantitative estimate of drug-likeness (QED) is 0.829. The highest BCUT2D eigenvalue weighted by Crippen LogP contribution is 2.25. The van der Waals surface area contributed by atoms with Crippen molar-refractivity contribution in [3.05, 3.63) is 23.9 Å². The van der Waals surface area contributed by atoms with Crippen molar-refractivity contribution in [2.24, 2.45) is 0 Å². The maximum absolute atomic E-state index is 10.0. The maximum Gasteiger partial charge on any atom is 0.128 e. The van der Waals surface area contributed by atoms with E-state index in [0.717, 1.165) is 30.8 Å². The molecule has 3 nitrogen and oxygen atoms in total. The lowest BCUT2D eigenvalue weighted by atomic mass is 9.91. The van der Waals surface area contributed by atoms with Gasteiger partial charge in [0.1, 0.15) is 5.82 Å². The van der Waals surface area contributed by atoms with E-state index in [9.17, 15) is 5.11 Å². The zero-order valence-electron chi connectivity index (χ0n) is 10.1. The van der Waals surface area contributed by atoms with Crippen molar-refractivity contribution in [2.45, 2.75) is 44.8 Å². The van der Waals surface area contributed by atoms with Gasteiger partial charge in [-0.15, -0.1) is 0 Å². The first kappa shape index (κ1) is 11.4. The molecule has 1 N–H and O–H groups in total. The van der Waals surface area contributed by atoms with Gasteiger partial charge in [-0.25, -0.2) is 4.98 Å². The largest absolute Gasteiger partial charge is 0.391 e. The molecular weight excluding hydrogens is 200 g/mol. The smallest absolute Gasteiger partial charge is 0.128 e. The van der Waals surface area contributed by atoms with Crippen LogP contribution in [-0.2, 0) is 0 Å². The minimum absolute atomic E-state index is 0.207. The third-order valence-corrected chi connectivity index (χ3v) is 3.43. The predicted octanol–water partition coefficient (Wildman–Crippen LogP) is 2.13. The molecule has 1 fully saturated rings. The molecule has 16 heavy (non-hydrogen) atoms. The van der Waals surface area contributed by atoms with Crippen LogP contribution in [0.2, 0.25) is 0 Å². The topological polar surface area (TPSA) is 36.4 Å². The van der Waals surface area contributed by atoms with Gasteiger partial charge in [0.05, 0.1) is 12.1 Å². The Morgan fingerprint density at radius 3 is 2.75 bits per heavy atom. The van der Waals surface area contributed by atoms with E-state index < -0.39 is 0 Å². The van der Waals surface area contributed by atoms with E-state index in [-0.39, 0.29) is 12.1 Å². The molecule has 0 spiro atoms. The summed E-state index contributed by atoms with van der Waals surface area (Å²) in [5, 5.41) is 10.0. The third kappa shape index (κ3) is 2.35. The Morgan fingerprint density at radius 1 is 1.31 bits per heavy atom. The number of hydrogen-bond acceptors (Lipinski definition) is 3. The van der Waals surface area contributed by atoms with Gasteiger partial charge in [-0.2, -0.15) is 0 Å². The normalized spacial score (nSPS) is 25.4. The van der Waals surface area contributed by atoms with Crippen LogP contribution in [0.15, 0.2) is 18.2 Å². The van der Waals surface area contributed by atoms with Gasteiger partial charge in [-0.3, -0.25) is 0 Å². The van der Waals surface area contributed by atoms with Gasteiger partial charge in [0.2, 0.25) is 0 Å². The molecule has 1 aliphatic rings. The average molecular weight is 220 g/mol. The van der Waals surface area contributed by atoms with E-state index in [2.05, 4.69) is 9.88 Å². The number of nitrogens with zero attached hydrogens (tertiary/aromatic N) is 2. The van der Waals surface area contributed by atoms with E-state index >= 15 is 0 Å². The lowest BCUT2D eigenvalue weighted by molar-refractivity contribution is 0.106. The Balaban J connectivity index is 2.14. The molecule has 1 saturated carbocycles. The first-order valence-corrected chi connectivity index (χ1v) is 6.03. The number of rotatable bonds is 2. The predicted molar refractivity (Wildman–Crippen MR) is 65.6 cm³/mol. The van der Waals surface area contributed by atoms with Crippen molar-refractivity contribution in [3.63, 3.8) is 0 Å². The minimum atomic E-state index is -0.207. The Hall–Kier alpha value is -1.09. The summed E-state index contributed by atoms with van der Waals surface area (Å²) >= 11 is 0. The van der Waals surface area contributed by atoms with Crippen LogP contribution in [0.25, 0.3) is 0 Å². The summed E-state index contributed by atoms with van der Waals surface area (Å²) in [6.45, 7) is 1.99. The number of pyridine rings is 1. The van der Waals surface area contributed by atoms with Crippen LogP contribution in [0, 0.1) is 6.92 Å². The highest BCUT2D eigenvalue weighted by Gasteiger charge is 2.27. The summed E-state index contributed by atoms with van der Waals surface area (Å²) in [6.07, 6.45) is 4.12. The fraction of sp³-hybridized carbons (Fsp3) is 0.615. The molecule has 2 rings (SSSR count). The SMILES string of the molecule is Cc1cccc(N(C)C2CCCCC2O)n1. The molecule has 0 aliphatic heterocycles.